The summed E-state index contributed by atoms with van der Waals surface area (Å²) >= 11 is 0. The summed E-state index contributed by atoms with van der Waals surface area (Å²) in [5, 5.41) is 6.57. The van der Waals surface area contributed by atoms with Crippen LogP contribution in [0.25, 0.3) is 0 Å². The van der Waals surface area contributed by atoms with Crippen LogP contribution in [0.15, 0.2) is 29.3 Å². The van der Waals surface area contributed by atoms with Gasteiger partial charge in [0.15, 0.2) is 5.96 Å². The van der Waals surface area contributed by atoms with Crippen molar-refractivity contribution in [2.45, 2.75) is 44.8 Å². The SMILES string of the molecule is CN=C(NCC(C)(C)c1ccccc1C)NC1CCN(CC(F)(F)F)C1. The maximum absolute atomic E-state index is 12.5. The third kappa shape index (κ3) is 5.90. The molecule has 0 bridgehead atoms. The lowest BCUT2D eigenvalue weighted by atomic mass is 9.82. The summed E-state index contributed by atoms with van der Waals surface area (Å²) in [6.07, 6.45) is -3.47. The standard InChI is InChI=1S/C19H29F3N4/c1-14-7-5-6-8-16(14)18(2,3)12-24-17(23-4)25-15-9-10-26(11-15)13-19(20,21)22/h5-8,15H,9-13H2,1-4H3,(H2,23,24,25). The zero-order chi connectivity index (χ0) is 19.4. The van der Waals surface area contributed by atoms with Crippen LogP contribution in [0.4, 0.5) is 13.2 Å². The molecule has 0 aliphatic carbocycles. The first-order valence-corrected chi connectivity index (χ1v) is 8.93. The van der Waals surface area contributed by atoms with Crippen LogP contribution >= 0.6 is 0 Å². The Morgan fingerprint density at radius 3 is 2.58 bits per heavy atom. The average Bonchev–Trinajstić information content (AvgIpc) is 2.96. The molecule has 2 rings (SSSR count). The van der Waals surface area contributed by atoms with E-state index in [0.717, 1.165) is 0 Å². The van der Waals surface area contributed by atoms with Crippen molar-refractivity contribution in [2.24, 2.45) is 4.99 Å². The fourth-order valence-electron chi connectivity index (χ4n) is 3.47. The van der Waals surface area contributed by atoms with E-state index in [-0.39, 0.29) is 11.5 Å². The molecule has 0 amide bonds. The summed E-state index contributed by atoms with van der Waals surface area (Å²) < 4.78 is 37.5. The lowest BCUT2D eigenvalue weighted by Crippen LogP contribution is -2.48. The van der Waals surface area contributed by atoms with Gasteiger partial charge in [-0.15, -0.1) is 0 Å². The van der Waals surface area contributed by atoms with Crippen LogP contribution in [-0.4, -0.2) is 56.3 Å². The van der Waals surface area contributed by atoms with E-state index in [9.17, 15) is 13.2 Å². The van der Waals surface area contributed by atoms with Crippen LogP contribution < -0.4 is 10.6 Å². The number of halogens is 3. The van der Waals surface area contributed by atoms with E-state index in [1.54, 1.807) is 7.05 Å². The molecule has 1 aromatic carbocycles. The summed E-state index contributed by atoms with van der Waals surface area (Å²) in [5.74, 6) is 0.630. The first kappa shape index (κ1) is 20.6. The van der Waals surface area contributed by atoms with Crippen LogP contribution in [-0.2, 0) is 5.41 Å². The Labute approximate surface area is 153 Å². The number of nitrogens with zero attached hydrogens (tertiary/aromatic N) is 2. The average molecular weight is 370 g/mol. The van der Waals surface area contributed by atoms with Gasteiger partial charge < -0.3 is 10.6 Å². The first-order valence-electron chi connectivity index (χ1n) is 8.93. The smallest absolute Gasteiger partial charge is 0.356 e. The van der Waals surface area contributed by atoms with Crippen molar-refractivity contribution in [1.82, 2.24) is 15.5 Å². The zero-order valence-electron chi connectivity index (χ0n) is 16.0. The van der Waals surface area contributed by atoms with Crippen molar-refractivity contribution < 1.29 is 13.2 Å². The number of nitrogens with one attached hydrogen (secondary N) is 2. The summed E-state index contributed by atoms with van der Waals surface area (Å²) in [7, 11) is 1.68. The van der Waals surface area contributed by atoms with Crippen LogP contribution in [0.1, 0.15) is 31.4 Å². The number of aryl methyl sites for hydroxylation is 1. The van der Waals surface area contributed by atoms with E-state index >= 15 is 0 Å². The number of hydrogen-bond acceptors (Lipinski definition) is 2. The van der Waals surface area contributed by atoms with Gasteiger partial charge in [0, 0.05) is 38.1 Å². The lowest BCUT2D eigenvalue weighted by Gasteiger charge is -2.29. The van der Waals surface area contributed by atoms with Gasteiger partial charge in [0.25, 0.3) is 0 Å². The molecule has 1 fully saturated rings. The summed E-state index contributed by atoms with van der Waals surface area (Å²) in [4.78, 5) is 5.66. The molecule has 0 aromatic heterocycles. The molecule has 0 spiro atoms. The van der Waals surface area contributed by atoms with Crippen molar-refractivity contribution >= 4 is 5.96 Å². The van der Waals surface area contributed by atoms with Crippen LogP contribution in [0.2, 0.25) is 0 Å². The van der Waals surface area contributed by atoms with Crippen LogP contribution in [0, 0.1) is 6.92 Å². The minimum atomic E-state index is -4.15. The second kappa shape index (κ2) is 8.29. The third-order valence-corrected chi connectivity index (χ3v) is 4.81. The Balaban J connectivity index is 1.88. The Morgan fingerprint density at radius 2 is 1.96 bits per heavy atom. The molecule has 146 valence electrons. The molecule has 1 heterocycles. The first-order chi connectivity index (χ1) is 12.1. The minimum absolute atomic E-state index is 0.0230. The normalized spacial score (nSPS) is 19.7. The number of hydrogen-bond donors (Lipinski definition) is 2. The van der Waals surface area contributed by atoms with Crippen LogP contribution in [0.5, 0.6) is 0 Å². The number of guanidine groups is 1. The van der Waals surface area contributed by atoms with E-state index < -0.39 is 12.7 Å². The molecular weight excluding hydrogens is 341 g/mol. The molecule has 2 N–H and O–H groups in total. The van der Waals surface area contributed by atoms with Gasteiger partial charge in [-0.3, -0.25) is 9.89 Å². The molecule has 1 unspecified atom stereocenters. The topological polar surface area (TPSA) is 39.7 Å². The summed E-state index contributed by atoms with van der Waals surface area (Å²) in [5.41, 5.74) is 2.40. The molecule has 1 aliphatic heterocycles. The number of aliphatic imine (C=N–C) groups is 1. The molecule has 7 heteroatoms. The Kier molecular flexibility index (Phi) is 6.55. The van der Waals surface area contributed by atoms with E-state index in [2.05, 4.69) is 48.5 Å². The number of rotatable bonds is 5. The molecule has 1 aliphatic rings. The second-order valence-corrected chi connectivity index (χ2v) is 7.60. The van der Waals surface area contributed by atoms with E-state index in [1.165, 1.54) is 16.0 Å². The quantitative estimate of drug-likeness (QED) is 0.618. The molecular formula is C19H29F3N4. The molecule has 1 atom stereocenters. The predicted molar refractivity (Wildman–Crippen MR) is 99.6 cm³/mol. The maximum Gasteiger partial charge on any atom is 0.401 e. The lowest BCUT2D eigenvalue weighted by molar-refractivity contribution is -0.143. The van der Waals surface area contributed by atoms with Gasteiger partial charge >= 0.3 is 6.18 Å². The molecule has 4 nitrogen and oxygen atoms in total. The number of alkyl halides is 3. The molecule has 0 radical (unpaired) electrons. The van der Waals surface area contributed by atoms with Gasteiger partial charge in [0.1, 0.15) is 0 Å². The van der Waals surface area contributed by atoms with E-state index in [1.807, 2.05) is 12.1 Å². The fourth-order valence-corrected chi connectivity index (χ4v) is 3.47. The predicted octanol–water partition coefficient (Wildman–Crippen LogP) is 3.07. The molecule has 26 heavy (non-hydrogen) atoms. The highest BCUT2D eigenvalue weighted by atomic mass is 19.4. The van der Waals surface area contributed by atoms with Crippen molar-refractivity contribution in [1.29, 1.82) is 0 Å². The van der Waals surface area contributed by atoms with Gasteiger partial charge in [-0.2, -0.15) is 13.2 Å². The van der Waals surface area contributed by atoms with Crippen LogP contribution in [0.3, 0.4) is 0 Å². The van der Waals surface area contributed by atoms with Gasteiger partial charge in [0.05, 0.1) is 6.54 Å². The molecule has 1 aromatic rings. The Hall–Kier alpha value is -1.76. The highest BCUT2D eigenvalue weighted by molar-refractivity contribution is 5.80. The Bertz CT molecular complexity index is 625. The Morgan fingerprint density at radius 1 is 1.27 bits per heavy atom. The minimum Gasteiger partial charge on any atom is -0.356 e. The number of likely N-dealkylation sites (tertiary alicyclic amines) is 1. The monoisotopic (exact) mass is 370 g/mol. The highest BCUT2D eigenvalue weighted by Crippen LogP contribution is 2.25. The van der Waals surface area contributed by atoms with Crippen molar-refractivity contribution in [3.8, 4) is 0 Å². The third-order valence-electron chi connectivity index (χ3n) is 4.81. The largest absolute Gasteiger partial charge is 0.401 e. The van der Waals surface area contributed by atoms with E-state index in [0.29, 0.717) is 32.0 Å². The van der Waals surface area contributed by atoms with Crippen molar-refractivity contribution in [3.05, 3.63) is 35.4 Å². The molecule has 1 saturated heterocycles. The second-order valence-electron chi connectivity index (χ2n) is 7.60. The number of benzene rings is 1. The van der Waals surface area contributed by atoms with Crippen molar-refractivity contribution in [2.75, 3.05) is 33.2 Å². The van der Waals surface area contributed by atoms with Gasteiger partial charge in [0.2, 0.25) is 0 Å². The summed E-state index contributed by atoms with van der Waals surface area (Å²) in [6.45, 7) is 7.07. The molecule has 0 saturated carbocycles. The zero-order valence-corrected chi connectivity index (χ0v) is 16.0. The summed E-state index contributed by atoms with van der Waals surface area (Å²) in [6, 6.07) is 8.25. The van der Waals surface area contributed by atoms with Gasteiger partial charge in [-0.1, -0.05) is 38.1 Å². The van der Waals surface area contributed by atoms with Gasteiger partial charge in [-0.05, 0) is 24.5 Å². The highest BCUT2D eigenvalue weighted by Gasteiger charge is 2.34. The van der Waals surface area contributed by atoms with Crippen molar-refractivity contribution in [3.63, 3.8) is 0 Å². The van der Waals surface area contributed by atoms with E-state index in [4.69, 9.17) is 0 Å². The van der Waals surface area contributed by atoms with Gasteiger partial charge in [-0.25, -0.2) is 0 Å². The fraction of sp³-hybridized carbons (Fsp3) is 0.632. The maximum atomic E-state index is 12.5.